The molecule has 1 aromatic carbocycles. The van der Waals surface area contributed by atoms with Gasteiger partial charge in [-0.1, -0.05) is 35.5 Å². The SMILES string of the molecule is CNC.Nc1ccc(Sc2cnc(N3CCCC3)nc2OCc2cccc(Cl)c2)cn1. The van der Waals surface area contributed by atoms with Crippen molar-refractivity contribution in [1.29, 1.82) is 0 Å². The Morgan fingerprint density at radius 1 is 1.13 bits per heavy atom. The maximum absolute atomic E-state index is 6.08. The van der Waals surface area contributed by atoms with Crippen LogP contribution in [0.15, 0.2) is 58.6 Å². The number of hydrogen-bond acceptors (Lipinski definition) is 8. The van der Waals surface area contributed by atoms with Gasteiger partial charge in [-0.2, -0.15) is 4.98 Å². The van der Waals surface area contributed by atoms with Crippen LogP contribution in [0.4, 0.5) is 11.8 Å². The van der Waals surface area contributed by atoms with Crippen molar-refractivity contribution in [3.63, 3.8) is 0 Å². The van der Waals surface area contributed by atoms with Crippen molar-refractivity contribution in [1.82, 2.24) is 20.3 Å². The van der Waals surface area contributed by atoms with Crippen LogP contribution in [0.5, 0.6) is 5.88 Å². The Labute approximate surface area is 192 Å². The summed E-state index contributed by atoms with van der Waals surface area (Å²) in [5, 5.41) is 3.43. The van der Waals surface area contributed by atoms with Crippen LogP contribution in [0.2, 0.25) is 5.02 Å². The Hall–Kier alpha value is -2.55. The summed E-state index contributed by atoms with van der Waals surface area (Å²) in [5.74, 6) is 1.75. The van der Waals surface area contributed by atoms with Crippen molar-refractivity contribution in [3.8, 4) is 5.88 Å². The number of nitrogen functional groups attached to an aromatic ring is 1. The van der Waals surface area contributed by atoms with E-state index in [4.69, 9.17) is 27.1 Å². The number of hydrogen-bond donors (Lipinski definition) is 2. The number of benzene rings is 1. The second-order valence-electron chi connectivity index (χ2n) is 6.97. The van der Waals surface area contributed by atoms with Crippen molar-refractivity contribution >= 4 is 35.1 Å². The third-order valence-corrected chi connectivity index (χ3v) is 5.56. The van der Waals surface area contributed by atoms with Gasteiger partial charge in [-0.25, -0.2) is 9.97 Å². The molecule has 3 aromatic rings. The molecule has 0 spiro atoms. The van der Waals surface area contributed by atoms with Gasteiger partial charge in [0.25, 0.3) is 0 Å². The van der Waals surface area contributed by atoms with E-state index >= 15 is 0 Å². The Balaban J connectivity index is 0.000000858. The lowest BCUT2D eigenvalue weighted by molar-refractivity contribution is 0.285. The molecule has 9 heteroatoms. The van der Waals surface area contributed by atoms with Gasteiger partial charge in [-0.3, -0.25) is 0 Å². The maximum atomic E-state index is 6.08. The molecule has 1 aliphatic heterocycles. The van der Waals surface area contributed by atoms with Crippen molar-refractivity contribution in [2.24, 2.45) is 0 Å². The van der Waals surface area contributed by atoms with E-state index in [1.165, 1.54) is 11.8 Å². The first-order valence-electron chi connectivity index (χ1n) is 10.1. The summed E-state index contributed by atoms with van der Waals surface area (Å²) in [6, 6.07) is 11.3. The molecule has 4 rings (SSSR count). The molecule has 1 fully saturated rings. The highest BCUT2D eigenvalue weighted by atomic mass is 35.5. The first-order chi connectivity index (χ1) is 15.1. The lowest BCUT2D eigenvalue weighted by atomic mass is 10.2. The van der Waals surface area contributed by atoms with Crippen LogP contribution in [0, 0.1) is 0 Å². The monoisotopic (exact) mass is 458 g/mol. The molecule has 0 unspecified atom stereocenters. The van der Waals surface area contributed by atoms with E-state index < -0.39 is 0 Å². The Kier molecular flexibility index (Phi) is 8.75. The van der Waals surface area contributed by atoms with Gasteiger partial charge in [0.05, 0.1) is 11.1 Å². The molecule has 3 heterocycles. The minimum atomic E-state index is 0.380. The molecule has 0 amide bonds. The Morgan fingerprint density at radius 3 is 2.58 bits per heavy atom. The number of anilines is 2. The van der Waals surface area contributed by atoms with Gasteiger partial charge in [0.15, 0.2) is 0 Å². The second-order valence-corrected chi connectivity index (χ2v) is 8.52. The summed E-state index contributed by atoms with van der Waals surface area (Å²) in [6.07, 6.45) is 5.87. The lowest BCUT2D eigenvalue weighted by Crippen LogP contribution is -2.20. The fourth-order valence-corrected chi connectivity index (χ4v) is 3.95. The largest absolute Gasteiger partial charge is 0.472 e. The summed E-state index contributed by atoms with van der Waals surface area (Å²) in [7, 11) is 3.75. The highest BCUT2D eigenvalue weighted by Gasteiger charge is 2.18. The smallest absolute Gasteiger partial charge is 0.232 e. The second kappa shape index (κ2) is 11.7. The summed E-state index contributed by atoms with van der Waals surface area (Å²) in [5.41, 5.74) is 6.66. The van der Waals surface area contributed by atoms with Gasteiger partial charge in [0.1, 0.15) is 12.4 Å². The van der Waals surface area contributed by atoms with Crippen LogP contribution >= 0.6 is 23.4 Å². The number of nitrogens with two attached hydrogens (primary N) is 1. The number of nitrogens with one attached hydrogen (secondary N) is 1. The van der Waals surface area contributed by atoms with E-state index in [9.17, 15) is 0 Å². The normalized spacial score (nSPS) is 12.9. The van der Waals surface area contributed by atoms with Crippen LogP contribution in [-0.2, 0) is 6.61 Å². The van der Waals surface area contributed by atoms with Crippen LogP contribution < -0.4 is 20.7 Å². The zero-order valence-electron chi connectivity index (χ0n) is 17.7. The van der Waals surface area contributed by atoms with Crippen LogP contribution in [0.25, 0.3) is 0 Å². The van der Waals surface area contributed by atoms with E-state index in [2.05, 4.69) is 20.2 Å². The zero-order chi connectivity index (χ0) is 22.1. The third kappa shape index (κ3) is 6.99. The molecule has 7 nitrogen and oxygen atoms in total. The van der Waals surface area contributed by atoms with Gasteiger partial charge in [-0.15, -0.1) is 0 Å². The molecular weight excluding hydrogens is 432 g/mol. The fraction of sp³-hybridized carbons (Fsp3) is 0.318. The standard InChI is InChI=1S/C20H20ClN5OS.C2H7N/c21-15-5-3-4-14(10-15)13-27-19-17(28-16-6-7-18(22)23-11-16)12-24-20(25-19)26-8-1-2-9-26;1-3-2/h3-7,10-12H,1-2,8-9,13H2,(H2,22,23);3H,1-2H3. The average Bonchev–Trinajstić information content (AvgIpc) is 3.30. The van der Waals surface area contributed by atoms with Gasteiger partial charge in [0.2, 0.25) is 11.8 Å². The van der Waals surface area contributed by atoms with E-state index in [0.29, 0.717) is 29.3 Å². The molecule has 0 bridgehead atoms. The predicted molar refractivity (Wildman–Crippen MR) is 127 cm³/mol. The highest BCUT2D eigenvalue weighted by molar-refractivity contribution is 7.99. The third-order valence-electron chi connectivity index (χ3n) is 4.35. The molecule has 164 valence electrons. The van der Waals surface area contributed by atoms with Gasteiger partial charge in [0, 0.05) is 29.2 Å². The topological polar surface area (TPSA) is 89.2 Å². The molecule has 3 N–H and O–H groups in total. The molecule has 1 saturated heterocycles. The van der Waals surface area contributed by atoms with Crippen molar-refractivity contribution in [3.05, 3.63) is 59.4 Å². The number of pyridine rings is 1. The number of nitrogens with zero attached hydrogens (tertiary/aromatic N) is 4. The Morgan fingerprint density at radius 2 is 1.90 bits per heavy atom. The van der Waals surface area contributed by atoms with Crippen molar-refractivity contribution < 1.29 is 4.74 Å². The van der Waals surface area contributed by atoms with Crippen LogP contribution in [0.3, 0.4) is 0 Å². The quantitative estimate of drug-likeness (QED) is 0.566. The van der Waals surface area contributed by atoms with E-state index in [0.717, 1.165) is 41.3 Å². The minimum Gasteiger partial charge on any atom is -0.472 e. The average molecular weight is 459 g/mol. The first-order valence-corrected chi connectivity index (χ1v) is 11.3. The van der Waals surface area contributed by atoms with E-state index in [-0.39, 0.29) is 0 Å². The molecule has 2 aromatic heterocycles. The van der Waals surface area contributed by atoms with Crippen LogP contribution in [-0.4, -0.2) is 42.1 Å². The zero-order valence-corrected chi connectivity index (χ0v) is 19.3. The number of ether oxygens (including phenoxy) is 1. The van der Waals surface area contributed by atoms with Crippen LogP contribution in [0.1, 0.15) is 18.4 Å². The minimum absolute atomic E-state index is 0.380. The molecule has 31 heavy (non-hydrogen) atoms. The van der Waals surface area contributed by atoms with Crippen molar-refractivity contribution in [2.75, 3.05) is 37.8 Å². The lowest BCUT2D eigenvalue weighted by Gasteiger charge is -2.17. The van der Waals surface area contributed by atoms with Gasteiger partial charge < -0.3 is 20.7 Å². The molecule has 0 radical (unpaired) electrons. The number of rotatable bonds is 6. The fourth-order valence-electron chi connectivity index (χ4n) is 2.95. The summed E-state index contributed by atoms with van der Waals surface area (Å²) >= 11 is 7.58. The summed E-state index contributed by atoms with van der Waals surface area (Å²) in [6.45, 7) is 2.33. The molecule has 0 saturated carbocycles. The van der Waals surface area contributed by atoms with E-state index in [1.54, 1.807) is 12.3 Å². The summed E-state index contributed by atoms with van der Waals surface area (Å²) in [4.78, 5) is 17.4. The number of aromatic nitrogens is 3. The molecular formula is C22H27ClN6OS. The number of halogens is 1. The van der Waals surface area contributed by atoms with Gasteiger partial charge in [-0.05, 0) is 56.8 Å². The molecule has 0 aliphatic carbocycles. The van der Waals surface area contributed by atoms with Crippen molar-refractivity contribution in [2.45, 2.75) is 29.2 Å². The molecule has 0 atom stereocenters. The van der Waals surface area contributed by atoms with E-state index in [1.807, 2.05) is 50.6 Å². The summed E-state index contributed by atoms with van der Waals surface area (Å²) < 4.78 is 6.07. The maximum Gasteiger partial charge on any atom is 0.232 e. The van der Waals surface area contributed by atoms with Gasteiger partial charge >= 0.3 is 0 Å². The first kappa shape index (κ1) is 23.1. The molecule has 1 aliphatic rings. The Bertz CT molecular complexity index is 966. The predicted octanol–water partition coefficient (Wildman–Crippen LogP) is 4.27. The highest BCUT2D eigenvalue weighted by Crippen LogP contribution is 2.35.